The first kappa shape index (κ1) is 8.91. The number of aromatic nitrogens is 1. The molecular formula is C10H13N3O2. The van der Waals surface area contributed by atoms with Crippen LogP contribution < -0.4 is 5.32 Å². The van der Waals surface area contributed by atoms with Gasteiger partial charge in [-0.25, -0.2) is 0 Å². The first-order chi connectivity index (χ1) is 7.34. The fourth-order valence-electron chi connectivity index (χ4n) is 2.47. The van der Waals surface area contributed by atoms with Crippen LogP contribution in [0.4, 0.5) is 0 Å². The molecular weight excluding hydrogens is 194 g/mol. The first-order valence-corrected chi connectivity index (χ1v) is 5.29. The van der Waals surface area contributed by atoms with E-state index in [0.717, 1.165) is 25.9 Å². The van der Waals surface area contributed by atoms with Gasteiger partial charge in [0, 0.05) is 31.2 Å². The van der Waals surface area contributed by atoms with Crippen LogP contribution in [0.25, 0.3) is 0 Å². The van der Waals surface area contributed by atoms with E-state index in [1.54, 1.807) is 6.07 Å². The molecule has 0 saturated carbocycles. The lowest BCUT2D eigenvalue weighted by molar-refractivity contribution is 0.0647. The van der Waals surface area contributed by atoms with Crippen LogP contribution in [0.5, 0.6) is 0 Å². The summed E-state index contributed by atoms with van der Waals surface area (Å²) in [4.78, 5) is 13.9. The van der Waals surface area contributed by atoms with E-state index < -0.39 is 0 Å². The van der Waals surface area contributed by atoms with E-state index in [1.165, 1.54) is 6.26 Å². The Morgan fingerprint density at radius 1 is 1.67 bits per heavy atom. The minimum Gasteiger partial charge on any atom is -0.364 e. The van der Waals surface area contributed by atoms with Gasteiger partial charge in [-0.05, 0) is 12.8 Å². The van der Waals surface area contributed by atoms with Gasteiger partial charge in [-0.15, -0.1) is 0 Å². The van der Waals surface area contributed by atoms with Crippen molar-refractivity contribution in [3.63, 3.8) is 0 Å². The molecule has 3 heterocycles. The van der Waals surface area contributed by atoms with Gasteiger partial charge in [0.05, 0.1) is 0 Å². The summed E-state index contributed by atoms with van der Waals surface area (Å²) in [5.41, 5.74) is 0.417. The quantitative estimate of drug-likeness (QED) is 0.717. The molecule has 2 atom stereocenters. The molecule has 0 spiro atoms. The summed E-state index contributed by atoms with van der Waals surface area (Å²) >= 11 is 0. The Morgan fingerprint density at radius 2 is 2.60 bits per heavy atom. The Labute approximate surface area is 87.4 Å². The van der Waals surface area contributed by atoms with E-state index in [9.17, 15) is 4.79 Å². The predicted octanol–water partition coefficient (Wildman–Crippen LogP) is 0.251. The highest BCUT2D eigenvalue weighted by atomic mass is 16.5. The van der Waals surface area contributed by atoms with E-state index in [2.05, 4.69) is 10.5 Å². The standard InChI is InChI=1S/C10H13N3O2/c14-10(9-2-4-15-12-9)13-3-1-7-5-8(13)6-11-7/h2,4,7-8,11H,1,3,5-6H2. The van der Waals surface area contributed by atoms with E-state index in [0.29, 0.717) is 17.8 Å². The predicted molar refractivity (Wildman–Crippen MR) is 52.4 cm³/mol. The fourth-order valence-corrected chi connectivity index (χ4v) is 2.47. The number of amides is 1. The average Bonchev–Trinajstić information content (AvgIpc) is 2.88. The van der Waals surface area contributed by atoms with Crippen LogP contribution in [0.15, 0.2) is 16.9 Å². The summed E-state index contributed by atoms with van der Waals surface area (Å²) in [5.74, 6) is -0.00380. The Balaban J connectivity index is 1.79. The highest BCUT2D eigenvalue weighted by molar-refractivity contribution is 5.92. The molecule has 1 aromatic rings. The van der Waals surface area contributed by atoms with Crippen molar-refractivity contribution in [1.82, 2.24) is 15.4 Å². The summed E-state index contributed by atoms with van der Waals surface area (Å²) < 4.78 is 4.69. The minimum atomic E-state index is -0.00380. The van der Waals surface area contributed by atoms with Gasteiger partial charge in [0.15, 0.2) is 5.69 Å². The van der Waals surface area contributed by atoms with Gasteiger partial charge in [-0.1, -0.05) is 5.16 Å². The van der Waals surface area contributed by atoms with Crippen molar-refractivity contribution < 1.29 is 9.32 Å². The van der Waals surface area contributed by atoms with Gasteiger partial charge < -0.3 is 14.7 Å². The van der Waals surface area contributed by atoms with Gasteiger partial charge in [0.25, 0.3) is 5.91 Å². The molecule has 2 bridgehead atoms. The third-order valence-electron chi connectivity index (χ3n) is 3.28. The van der Waals surface area contributed by atoms with Crippen molar-refractivity contribution in [2.24, 2.45) is 0 Å². The maximum atomic E-state index is 12.0. The van der Waals surface area contributed by atoms with Crippen LogP contribution in [0.1, 0.15) is 23.3 Å². The number of carbonyl (C=O) groups excluding carboxylic acids is 1. The normalized spacial score (nSPS) is 29.5. The molecule has 80 valence electrons. The number of fused-ring (bicyclic) bond motifs is 2. The Hall–Kier alpha value is -1.36. The molecule has 0 radical (unpaired) electrons. The summed E-state index contributed by atoms with van der Waals surface area (Å²) in [6, 6.07) is 2.57. The van der Waals surface area contributed by atoms with Crippen LogP contribution in [0, 0.1) is 0 Å². The van der Waals surface area contributed by atoms with Crippen molar-refractivity contribution in [1.29, 1.82) is 0 Å². The second-order valence-corrected chi connectivity index (χ2v) is 4.17. The second-order valence-electron chi connectivity index (χ2n) is 4.17. The highest BCUT2D eigenvalue weighted by Gasteiger charge is 2.37. The topological polar surface area (TPSA) is 58.4 Å². The highest BCUT2D eigenvalue weighted by Crippen LogP contribution is 2.23. The molecule has 2 aliphatic heterocycles. The number of hydrogen-bond donors (Lipinski definition) is 1. The molecule has 0 aromatic carbocycles. The van der Waals surface area contributed by atoms with Crippen molar-refractivity contribution in [3.05, 3.63) is 18.0 Å². The van der Waals surface area contributed by atoms with Crippen LogP contribution in [0.3, 0.4) is 0 Å². The van der Waals surface area contributed by atoms with E-state index >= 15 is 0 Å². The van der Waals surface area contributed by atoms with Gasteiger partial charge >= 0.3 is 0 Å². The molecule has 2 saturated heterocycles. The molecule has 15 heavy (non-hydrogen) atoms. The molecule has 1 aromatic heterocycles. The number of nitrogens with zero attached hydrogens (tertiary/aromatic N) is 2. The van der Waals surface area contributed by atoms with Gasteiger partial charge in [-0.3, -0.25) is 4.79 Å². The average molecular weight is 207 g/mol. The van der Waals surface area contributed by atoms with Gasteiger partial charge in [0.1, 0.15) is 6.26 Å². The smallest absolute Gasteiger partial charge is 0.276 e. The van der Waals surface area contributed by atoms with Crippen LogP contribution in [-0.2, 0) is 0 Å². The zero-order valence-corrected chi connectivity index (χ0v) is 8.35. The third-order valence-corrected chi connectivity index (χ3v) is 3.28. The van der Waals surface area contributed by atoms with Crippen LogP contribution in [0.2, 0.25) is 0 Å². The Bertz CT molecular complexity index is 363. The molecule has 1 amide bonds. The van der Waals surface area contributed by atoms with Crippen molar-refractivity contribution in [2.75, 3.05) is 13.1 Å². The fraction of sp³-hybridized carbons (Fsp3) is 0.600. The zero-order chi connectivity index (χ0) is 10.3. The first-order valence-electron chi connectivity index (χ1n) is 5.29. The summed E-state index contributed by atoms with van der Waals surface area (Å²) in [5, 5.41) is 7.10. The van der Waals surface area contributed by atoms with Crippen molar-refractivity contribution >= 4 is 5.91 Å². The number of piperidine rings is 1. The molecule has 2 unspecified atom stereocenters. The maximum absolute atomic E-state index is 12.0. The van der Waals surface area contributed by atoms with Crippen LogP contribution in [-0.4, -0.2) is 41.1 Å². The number of hydrogen-bond acceptors (Lipinski definition) is 4. The largest absolute Gasteiger partial charge is 0.364 e. The Morgan fingerprint density at radius 3 is 3.40 bits per heavy atom. The lowest BCUT2D eigenvalue weighted by Crippen LogP contribution is -2.44. The minimum absolute atomic E-state index is 0.00380. The molecule has 0 aliphatic carbocycles. The van der Waals surface area contributed by atoms with Gasteiger partial charge in [0.2, 0.25) is 0 Å². The van der Waals surface area contributed by atoms with Gasteiger partial charge in [-0.2, -0.15) is 0 Å². The molecule has 1 N–H and O–H groups in total. The number of rotatable bonds is 1. The third kappa shape index (κ3) is 1.43. The lowest BCUT2D eigenvalue weighted by Gasteiger charge is -2.31. The van der Waals surface area contributed by atoms with Crippen molar-refractivity contribution in [3.8, 4) is 0 Å². The second kappa shape index (κ2) is 3.34. The zero-order valence-electron chi connectivity index (χ0n) is 8.35. The Kier molecular flexibility index (Phi) is 1.98. The summed E-state index contributed by atoms with van der Waals surface area (Å²) in [6.45, 7) is 1.74. The number of likely N-dealkylation sites (tertiary alicyclic amines) is 1. The van der Waals surface area contributed by atoms with E-state index in [4.69, 9.17) is 4.52 Å². The van der Waals surface area contributed by atoms with Crippen LogP contribution >= 0.6 is 0 Å². The SMILES string of the molecule is O=C(c1ccon1)N1CCC2CC1CN2. The molecule has 2 aliphatic rings. The number of nitrogens with one attached hydrogen (secondary N) is 1. The molecule has 3 rings (SSSR count). The van der Waals surface area contributed by atoms with Crippen molar-refractivity contribution in [2.45, 2.75) is 24.9 Å². The van der Waals surface area contributed by atoms with E-state index in [1.807, 2.05) is 4.90 Å². The molecule has 5 heteroatoms. The molecule has 5 nitrogen and oxygen atoms in total. The summed E-state index contributed by atoms with van der Waals surface area (Å²) in [6.07, 6.45) is 3.55. The monoisotopic (exact) mass is 207 g/mol. The molecule has 2 fully saturated rings. The van der Waals surface area contributed by atoms with E-state index in [-0.39, 0.29) is 5.91 Å². The summed E-state index contributed by atoms with van der Waals surface area (Å²) in [7, 11) is 0. The number of carbonyl (C=O) groups is 1. The maximum Gasteiger partial charge on any atom is 0.276 e. The lowest BCUT2D eigenvalue weighted by atomic mass is 10.0.